The van der Waals surface area contributed by atoms with Gasteiger partial charge in [-0.05, 0) is 19.1 Å². The van der Waals surface area contributed by atoms with E-state index in [1.165, 1.54) is 11.8 Å². The number of aromatic nitrogens is 1. The molecule has 0 fully saturated rings. The fourth-order valence-electron chi connectivity index (χ4n) is 0.713. The van der Waals surface area contributed by atoms with Gasteiger partial charge in [-0.15, -0.1) is 11.8 Å². The molecule has 1 aromatic heterocycles. The Kier molecular flexibility index (Phi) is 3.57. The normalized spacial score (nSPS) is 12.5. The van der Waals surface area contributed by atoms with Crippen molar-refractivity contribution in [3.8, 4) is 0 Å². The molecule has 0 radical (unpaired) electrons. The quantitative estimate of drug-likeness (QED) is 0.624. The molecule has 1 N–H and O–H groups in total. The lowest BCUT2D eigenvalue weighted by atomic mass is 10.5. The number of thioether (sulfide) groups is 1. The Hall–Kier alpha value is -0.740. The lowest BCUT2D eigenvalue weighted by Gasteiger charge is -2.04. The van der Waals surface area contributed by atoms with Crippen LogP contribution < -0.4 is 0 Å². The van der Waals surface area contributed by atoms with Crippen molar-refractivity contribution >= 4 is 29.3 Å². The first-order valence-corrected chi connectivity index (χ1v) is 4.86. The standard InChI is InChI=1S/C8H8ClNO2S/c1-5(8(11)12)13-6-2-3-10-7(9)4-6/h2-5H,1H3,(H,11,12). The van der Waals surface area contributed by atoms with Crippen molar-refractivity contribution in [3.05, 3.63) is 23.5 Å². The zero-order chi connectivity index (χ0) is 9.84. The molecule has 70 valence electrons. The molecule has 1 rings (SSSR count). The smallest absolute Gasteiger partial charge is 0.316 e. The largest absolute Gasteiger partial charge is 0.480 e. The number of hydrogen-bond donors (Lipinski definition) is 1. The summed E-state index contributed by atoms with van der Waals surface area (Å²) in [5.74, 6) is -0.835. The summed E-state index contributed by atoms with van der Waals surface area (Å²) in [6.45, 7) is 1.63. The van der Waals surface area contributed by atoms with Crippen LogP contribution in [0.2, 0.25) is 5.15 Å². The number of carboxylic acid groups (broad SMARTS) is 1. The SMILES string of the molecule is CC(Sc1ccnc(Cl)c1)C(=O)O. The maximum Gasteiger partial charge on any atom is 0.316 e. The van der Waals surface area contributed by atoms with E-state index in [-0.39, 0.29) is 0 Å². The summed E-state index contributed by atoms with van der Waals surface area (Å²) in [7, 11) is 0. The Balaban J connectivity index is 2.69. The molecule has 0 aliphatic carbocycles. The molecule has 0 bridgehead atoms. The average Bonchev–Trinajstić information content (AvgIpc) is 2.04. The summed E-state index contributed by atoms with van der Waals surface area (Å²) >= 11 is 6.88. The van der Waals surface area contributed by atoms with Crippen LogP contribution >= 0.6 is 23.4 Å². The Bertz CT molecular complexity index is 319. The van der Waals surface area contributed by atoms with Crippen LogP contribution in [-0.4, -0.2) is 21.3 Å². The summed E-state index contributed by atoms with van der Waals surface area (Å²) in [5.41, 5.74) is 0. The van der Waals surface area contributed by atoms with Crippen LogP contribution in [0.5, 0.6) is 0 Å². The lowest BCUT2D eigenvalue weighted by Crippen LogP contribution is -2.10. The summed E-state index contributed by atoms with van der Waals surface area (Å²) in [6, 6.07) is 3.38. The third-order valence-electron chi connectivity index (χ3n) is 1.36. The van der Waals surface area contributed by atoms with Gasteiger partial charge in [0.15, 0.2) is 0 Å². The zero-order valence-corrected chi connectivity index (χ0v) is 8.47. The van der Waals surface area contributed by atoms with E-state index in [0.29, 0.717) is 5.15 Å². The van der Waals surface area contributed by atoms with Crippen molar-refractivity contribution in [1.82, 2.24) is 4.98 Å². The molecule has 1 aromatic rings. The van der Waals surface area contributed by atoms with Gasteiger partial charge in [-0.2, -0.15) is 0 Å². The van der Waals surface area contributed by atoms with Gasteiger partial charge in [-0.3, -0.25) is 4.79 Å². The highest BCUT2D eigenvalue weighted by molar-refractivity contribution is 8.00. The molecule has 1 heterocycles. The first-order valence-electron chi connectivity index (χ1n) is 3.60. The number of halogens is 1. The van der Waals surface area contributed by atoms with E-state index in [9.17, 15) is 4.79 Å². The Morgan fingerprint density at radius 1 is 1.77 bits per heavy atom. The van der Waals surface area contributed by atoms with Gasteiger partial charge in [0.2, 0.25) is 0 Å². The monoisotopic (exact) mass is 217 g/mol. The highest BCUT2D eigenvalue weighted by Gasteiger charge is 2.12. The summed E-state index contributed by atoms with van der Waals surface area (Å²) in [4.78, 5) is 15.1. The number of carboxylic acids is 1. The highest BCUT2D eigenvalue weighted by Crippen LogP contribution is 2.24. The molecule has 0 amide bonds. The minimum Gasteiger partial charge on any atom is -0.480 e. The molecule has 5 heteroatoms. The molecule has 0 spiro atoms. The summed E-state index contributed by atoms with van der Waals surface area (Å²) < 4.78 is 0. The van der Waals surface area contributed by atoms with Crippen molar-refractivity contribution in [1.29, 1.82) is 0 Å². The van der Waals surface area contributed by atoms with Crippen LogP contribution in [0.4, 0.5) is 0 Å². The summed E-state index contributed by atoms with van der Waals surface area (Å²) in [6.07, 6.45) is 1.55. The highest BCUT2D eigenvalue weighted by atomic mass is 35.5. The van der Waals surface area contributed by atoms with E-state index in [0.717, 1.165) is 4.90 Å². The average molecular weight is 218 g/mol. The van der Waals surface area contributed by atoms with E-state index < -0.39 is 11.2 Å². The van der Waals surface area contributed by atoms with E-state index >= 15 is 0 Å². The second kappa shape index (κ2) is 4.48. The van der Waals surface area contributed by atoms with Gasteiger partial charge < -0.3 is 5.11 Å². The minimum absolute atomic E-state index is 0.377. The van der Waals surface area contributed by atoms with Crippen molar-refractivity contribution in [2.75, 3.05) is 0 Å². The summed E-state index contributed by atoms with van der Waals surface area (Å²) in [5, 5.41) is 8.55. The molecule has 0 aliphatic heterocycles. The van der Waals surface area contributed by atoms with Gasteiger partial charge in [-0.1, -0.05) is 11.6 Å². The van der Waals surface area contributed by atoms with E-state index in [1.54, 1.807) is 25.3 Å². The number of hydrogen-bond acceptors (Lipinski definition) is 3. The molecular formula is C8H8ClNO2S. The van der Waals surface area contributed by atoms with Crippen LogP contribution in [0.1, 0.15) is 6.92 Å². The van der Waals surface area contributed by atoms with Gasteiger partial charge in [0.05, 0.1) is 0 Å². The number of rotatable bonds is 3. The molecule has 1 atom stereocenters. The second-order valence-corrected chi connectivity index (χ2v) is 4.21. The Labute approximate surface area is 85.1 Å². The van der Waals surface area contributed by atoms with E-state index in [2.05, 4.69) is 4.98 Å². The first kappa shape index (κ1) is 10.3. The van der Waals surface area contributed by atoms with Gasteiger partial charge in [0.25, 0.3) is 0 Å². The maximum atomic E-state index is 10.5. The first-order chi connectivity index (χ1) is 6.09. The number of aliphatic carboxylic acids is 1. The molecule has 13 heavy (non-hydrogen) atoms. The van der Waals surface area contributed by atoms with Gasteiger partial charge in [-0.25, -0.2) is 4.98 Å². The van der Waals surface area contributed by atoms with Crippen molar-refractivity contribution in [2.24, 2.45) is 0 Å². The van der Waals surface area contributed by atoms with E-state index in [4.69, 9.17) is 16.7 Å². The molecule has 0 aromatic carbocycles. The van der Waals surface area contributed by atoms with Crippen molar-refractivity contribution in [3.63, 3.8) is 0 Å². The molecule has 0 aliphatic rings. The van der Waals surface area contributed by atoms with Crippen LogP contribution in [0.25, 0.3) is 0 Å². The van der Waals surface area contributed by atoms with Crippen LogP contribution in [0.3, 0.4) is 0 Å². The van der Waals surface area contributed by atoms with Gasteiger partial charge in [0.1, 0.15) is 10.4 Å². The Morgan fingerprint density at radius 3 is 3.00 bits per heavy atom. The molecule has 3 nitrogen and oxygen atoms in total. The fraction of sp³-hybridized carbons (Fsp3) is 0.250. The third kappa shape index (κ3) is 3.24. The molecule has 0 saturated carbocycles. The number of nitrogens with zero attached hydrogens (tertiary/aromatic N) is 1. The predicted molar refractivity (Wildman–Crippen MR) is 52.2 cm³/mol. The Morgan fingerprint density at radius 2 is 2.46 bits per heavy atom. The molecule has 0 saturated heterocycles. The van der Waals surface area contributed by atoms with Crippen LogP contribution in [-0.2, 0) is 4.79 Å². The third-order valence-corrected chi connectivity index (χ3v) is 2.65. The predicted octanol–water partition coefficient (Wildman–Crippen LogP) is 2.30. The zero-order valence-electron chi connectivity index (χ0n) is 6.90. The lowest BCUT2D eigenvalue weighted by molar-refractivity contribution is -0.136. The van der Waals surface area contributed by atoms with E-state index in [1.807, 2.05) is 0 Å². The number of carbonyl (C=O) groups is 1. The second-order valence-electron chi connectivity index (χ2n) is 2.41. The van der Waals surface area contributed by atoms with Crippen LogP contribution in [0.15, 0.2) is 23.2 Å². The fourth-order valence-corrected chi connectivity index (χ4v) is 1.78. The molecule has 1 unspecified atom stereocenters. The van der Waals surface area contributed by atoms with Crippen molar-refractivity contribution < 1.29 is 9.90 Å². The minimum atomic E-state index is -0.835. The van der Waals surface area contributed by atoms with Gasteiger partial charge >= 0.3 is 5.97 Å². The molecular weight excluding hydrogens is 210 g/mol. The maximum absolute atomic E-state index is 10.5. The van der Waals surface area contributed by atoms with Crippen LogP contribution in [0, 0.1) is 0 Å². The van der Waals surface area contributed by atoms with Crippen molar-refractivity contribution in [2.45, 2.75) is 17.1 Å². The van der Waals surface area contributed by atoms with Gasteiger partial charge in [0, 0.05) is 11.1 Å². The number of pyridine rings is 1. The topological polar surface area (TPSA) is 50.2 Å².